The lowest BCUT2D eigenvalue weighted by Gasteiger charge is -2.07. The largest absolute Gasteiger partial charge is 0.324 e. The van der Waals surface area contributed by atoms with Gasteiger partial charge in [-0.1, -0.05) is 23.2 Å². The minimum atomic E-state index is -0.469. The van der Waals surface area contributed by atoms with Gasteiger partial charge in [-0.2, -0.15) is 0 Å². The zero-order valence-corrected chi connectivity index (χ0v) is 13.4. The van der Waals surface area contributed by atoms with Gasteiger partial charge in [-0.05, 0) is 30.3 Å². The molecule has 0 bridgehead atoms. The first-order valence-corrected chi connectivity index (χ1v) is 7.82. The molecule has 0 aliphatic carbocycles. The summed E-state index contributed by atoms with van der Waals surface area (Å²) in [6.45, 7) is 0. The van der Waals surface area contributed by atoms with Crippen molar-refractivity contribution < 1.29 is 9.72 Å². The summed E-state index contributed by atoms with van der Waals surface area (Å²) in [6, 6.07) is 10.8. The Kier molecular flexibility index (Phi) is 5.65. The van der Waals surface area contributed by atoms with Gasteiger partial charge < -0.3 is 5.32 Å². The number of nitro benzene ring substituents is 1. The Balaban J connectivity index is 1.91. The van der Waals surface area contributed by atoms with Gasteiger partial charge in [-0.25, -0.2) is 0 Å². The predicted molar refractivity (Wildman–Crippen MR) is 88.9 cm³/mol. The van der Waals surface area contributed by atoms with E-state index in [0.29, 0.717) is 15.7 Å². The maximum Gasteiger partial charge on any atom is 0.269 e. The standard InChI is InChI=1S/C14H10Cl2N2O3S/c15-9-1-6-13(12(16)7-9)17-14(19)8-22-11-4-2-10(3-5-11)18(20)21/h1-7H,8H2,(H,17,19). The fourth-order valence-electron chi connectivity index (χ4n) is 1.59. The molecule has 0 atom stereocenters. The van der Waals surface area contributed by atoms with E-state index in [0.717, 1.165) is 4.90 Å². The van der Waals surface area contributed by atoms with Crippen LogP contribution in [0.15, 0.2) is 47.4 Å². The van der Waals surface area contributed by atoms with Crippen LogP contribution in [0.3, 0.4) is 0 Å². The second kappa shape index (κ2) is 7.49. The van der Waals surface area contributed by atoms with Gasteiger partial charge >= 0.3 is 0 Å². The molecule has 0 radical (unpaired) electrons. The van der Waals surface area contributed by atoms with Gasteiger partial charge in [0.15, 0.2) is 0 Å². The molecule has 1 amide bonds. The Hall–Kier alpha value is -1.76. The zero-order valence-electron chi connectivity index (χ0n) is 11.1. The molecule has 22 heavy (non-hydrogen) atoms. The van der Waals surface area contributed by atoms with Gasteiger partial charge in [-0.3, -0.25) is 14.9 Å². The minimum absolute atomic E-state index is 0.0155. The van der Waals surface area contributed by atoms with Crippen LogP contribution in [0.1, 0.15) is 0 Å². The molecule has 8 heteroatoms. The molecule has 0 aliphatic heterocycles. The lowest BCUT2D eigenvalue weighted by molar-refractivity contribution is -0.384. The van der Waals surface area contributed by atoms with Crippen molar-refractivity contribution >= 4 is 52.2 Å². The lowest BCUT2D eigenvalue weighted by Crippen LogP contribution is -2.14. The highest BCUT2D eigenvalue weighted by Crippen LogP contribution is 2.26. The number of anilines is 1. The van der Waals surface area contributed by atoms with E-state index in [9.17, 15) is 14.9 Å². The summed E-state index contributed by atoms with van der Waals surface area (Å²) in [5.41, 5.74) is 0.502. The number of nitrogens with one attached hydrogen (secondary N) is 1. The number of rotatable bonds is 5. The van der Waals surface area contributed by atoms with Gasteiger partial charge in [-0.15, -0.1) is 11.8 Å². The third-order valence-electron chi connectivity index (χ3n) is 2.62. The van der Waals surface area contributed by atoms with Crippen LogP contribution in [0.2, 0.25) is 10.0 Å². The van der Waals surface area contributed by atoms with E-state index in [1.165, 1.54) is 23.9 Å². The number of nitro groups is 1. The van der Waals surface area contributed by atoms with Crippen LogP contribution in [0.25, 0.3) is 0 Å². The first-order chi connectivity index (χ1) is 10.5. The summed E-state index contributed by atoms with van der Waals surface area (Å²) < 4.78 is 0. The van der Waals surface area contributed by atoms with E-state index in [1.54, 1.807) is 30.3 Å². The molecule has 0 fully saturated rings. The van der Waals surface area contributed by atoms with E-state index in [2.05, 4.69) is 5.32 Å². The Morgan fingerprint density at radius 2 is 1.86 bits per heavy atom. The zero-order chi connectivity index (χ0) is 16.1. The number of hydrogen-bond acceptors (Lipinski definition) is 4. The van der Waals surface area contributed by atoms with Crippen molar-refractivity contribution in [3.05, 3.63) is 62.6 Å². The van der Waals surface area contributed by atoms with Crippen LogP contribution >= 0.6 is 35.0 Å². The quantitative estimate of drug-likeness (QED) is 0.481. The molecule has 114 valence electrons. The number of carbonyl (C=O) groups excluding carboxylic acids is 1. The number of nitrogens with zero attached hydrogens (tertiary/aromatic N) is 1. The van der Waals surface area contributed by atoms with Crippen molar-refractivity contribution in [2.45, 2.75) is 4.90 Å². The van der Waals surface area contributed by atoms with E-state index in [-0.39, 0.29) is 17.3 Å². The highest BCUT2D eigenvalue weighted by Gasteiger charge is 2.08. The third-order valence-corrected chi connectivity index (χ3v) is 4.18. The Labute approximate surface area is 140 Å². The van der Waals surface area contributed by atoms with Gasteiger partial charge in [0, 0.05) is 22.1 Å². The van der Waals surface area contributed by atoms with E-state index in [4.69, 9.17) is 23.2 Å². The SMILES string of the molecule is O=C(CSc1ccc([N+](=O)[O-])cc1)Nc1ccc(Cl)cc1Cl. The average Bonchev–Trinajstić information content (AvgIpc) is 2.48. The molecule has 0 heterocycles. The molecule has 0 aliphatic rings. The average molecular weight is 357 g/mol. The van der Waals surface area contributed by atoms with Crippen LogP contribution in [-0.4, -0.2) is 16.6 Å². The number of halogens is 2. The summed E-state index contributed by atoms with van der Waals surface area (Å²) in [5, 5.41) is 14.1. The number of non-ortho nitro benzene ring substituents is 1. The van der Waals surface area contributed by atoms with Crippen molar-refractivity contribution in [2.24, 2.45) is 0 Å². The monoisotopic (exact) mass is 356 g/mol. The smallest absolute Gasteiger partial charge is 0.269 e. The van der Waals surface area contributed by atoms with E-state index in [1.807, 2.05) is 0 Å². The van der Waals surface area contributed by atoms with Crippen molar-refractivity contribution in [1.29, 1.82) is 0 Å². The summed E-state index contributed by atoms with van der Waals surface area (Å²) in [5.74, 6) is -0.0656. The maximum atomic E-state index is 11.9. The molecule has 5 nitrogen and oxygen atoms in total. The molecule has 0 saturated heterocycles. The topological polar surface area (TPSA) is 72.2 Å². The molecular weight excluding hydrogens is 347 g/mol. The second-order valence-electron chi connectivity index (χ2n) is 4.21. The van der Waals surface area contributed by atoms with Crippen LogP contribution < -0.4 is 5.32 Å². The molecule has 0 saturated carbocycles. The van der Waals surface area contributed by atoms with Gasteiger partial charge in [0.05, 0.1) is 21.4 Å². The highest BCUT2D eigenvalue weighted by atomic mass is 35.5. The molecule has 1 N–H and O–H groups in total. The molecular formula is C14H10Cl2N2O3S. The van der Waals surface area contributed by atoms with E-state index < -0.39 is 4.92 Å². The van der Waals surface area contributed by atoms with Gasteiger partial charge in [0.1, 0.15) is 0 Å². The first kappa shape index (κ1) is 16.6. The Bertz CT molecular complexity index is 708. The molecule has 2 aromatic carbocycles. The molecule has 0 spiro atoms. The second-order valence-corrected chi connectivity index (χ2v) is 6.10. The van der Waals surface area contributed by atoms with Crippen molar-refractivity contribution in [3.63, 3.8) is 0 Å². The number of carbonyl (C=O) groups is 1. The third kappa shape index (κ3) is 4.62. The number of benzene rings is 2. The predicted octanol–water partition coefficient (Wildman–Crippen LogP) is 4.63. The fourth-order valence-corrected chi connectivity index (χ4v) is 2.74. The summed E-state index contributed by atoms with van der Waals surface area (Å²) in [6.07, 6.45) is 0. The van der Waals surface area contributed by atoms with Crippen LogP contribution in [-0.2, 0) is 4.79 Å². The molecule has 0 aromatic heterocycles. The number of thioether (sulfide) groups is 1. The summed E-state index contributed by atoms with van der Waals surface area (Å²) in [4.78, 5) is 22.7. The van der Waals surface area contributed by atoms with Gasteiger partial charge in [0.2, 0.25) is 5.91 Å². The van der Waals surface area contributed by atoms with Crippen molar-refractivity contribution in [2.75, 3.05) is 11.1 Å². The first-order valence-electron chi connectivity index (χ1n) is 6.08. The molecule has 2 rings (SSSR count). The minimum Gasteiger partial charge on any atom is -0.324 e. The molecule has 0 unspecified atom stereocenters. The van der Waals surface area contributed by atoms with Crippen LogP contribution in [0.5, 0.6) is 0 Å². The van der Waals surface area contributed by atoms with Crippen LogP contribution in [0.4, 0.5) is 11.4 Å². The summed E-state index contributed by atoms with van der Waals surface area (Å²) in [7, 11) is 0. The fraction of sp³-hybridized carbons (Fsp3) is 0.0714. The Morgan fingerprint density at radius 3 is 2.45 bits per heavy atom. The maximum absolute atomic E-state index is 11.9. The number of amides is 1. The lowest BCUT2D eigenvalue weighted by atomic mass is 10.3. The van der Waals surface area contributed by atoms with Crippen LogP contribution in [0, 0.1) is 10.1 Å². The van der Waals surface area contributed by atoms with Gasteiger partial charge in [0.25, 0.3) is 5.69 Å². The molecule has 2 aromatic rings. The van der Waals surface area contributed by atoms with Crippen molar-refractivity contribution in [3.8, 4) is 0 Å². The Morgan fingerprint density at radius 1 is 1.18 bits per heavy atom. The summed E-state index contributed by atoms with van der Waals surface area (Å²) >= 11 is 13.0. The van der Waals surface area contributed by atoms with E-state index >= 15 is 0 Å². The normalized spacial score (nSPS) is 10.3. The number of hydrogen-bond donors (Lipinski definition) is 1. The van der Waals surface area contributed by atoms with Crippen molar-refractivity contribution in [1.82, 2.24) is 0 Å². The highest BCUT2D eigenvalue weighted by molar-refractivity contribution is 8.00.